The molecule has 1 aliphatic heterocycles. The highest BCUT2D eigenvalue weighted by atomic mass is 16.6. The molecular formula is C16H24N4O4. The lowest BCUT2D eigenvalue weighted by Gasteiger charge is -2.26. The zero-order valence-corrected chi connectivity index (χ0v) is 13.6. The minimum absolute atomic E-state index is 0.0152. The Morgan fingerprint density at radius 1 is 1.33 bits per heavy atom. The van der Waals surface area contributed by atoms with E-state index in [9.17, 15) is 15.2 Å². The van der Waals surface area contributed by atoms with Crippen molar-refractivity contribution in [3.63, 3.8) is 0 Å². The maximum atomic E-state index is 11.2. The fraction of sp³-hybridized carbons (Fsp3) is 0.688. The molecule has 1 aromatic rings. The molecule has 1 unspecified atom stereocenters. The van der Waals surface area contributed by atoms with Gasteiger partial charge in [0.1, 0.15) is 17.7 Å². The molecule has 1 atom stereocenters. The van der Waals surface area contributed by atoms with Gasteiger partial charge in [-0.25, -0.2) is 4.98 Å². The van der Waals surface area contributed by atoms with Gasteiger partial charge in [-0.15, -0.1) is 0 Å². The molecule has 0 aromatic carbocycles. The molecule has 2 aliphatic rings. The van der Waals surface area contributed by atoms with Crippen LogP contribution in [0.25, 0.3) is 0 Å². The molecule has 3 N–H and O–H groups in total. The van der Waals surface area contributed by atoms with Crippen molar-refractivity contribution in [2.45, 2.75) is 44.2 Å². The van der Waals surface area contributed by atoms with Crippen LogP contribution in [0.4, 0.5) is 17.2 Å². The number of ether oxygens (including phenoxy) is 1. The van der Waals surface area contributed by atoms with Crippen molar-refractivity contribution >= 4 is 17.2 Å². The molecule has 1 aliphatic carbocycles. The van der Waals surface area contributed by atoms with Crippen LogP contribution in [0.1, 0.15) is 32.1 Å². The number of aliphatic hydroxyl groups is 1. The zero-order valence-electron chi connectivity index (χ0n) is 13.6. The van der Waals surface area contributed by atoms with Crippen LogP contribution < -0.4 is 10.6 Å². The Morgan fingerprint density at radius 2 is 2.12 bits per heavy atom. The van der Waals surface area contributed by atoms with Gasteiger partial charge in [0.15, 0.2) is 0 Å². The Hall–Kier alpha value is -1.93. The molecule has 2 heterocycles. The Morgan fingerprint density at radius 3 is 2.79 bits per heavy atom. The SMILES string of the molecule is O=[N+]([O-])c1cnc(NC2CCC(O)CC2)cc1NCC1CCOC1. The topological polar surface area (TPSA) is 110 Å². The summed E-state index contributed by atoms with van der Waals surface area (Å²) in [6.45, 7) is 2.10. The van der Waals surface area contributed by atoms with Gasteiger partial charge >= 0.3 is 5.69 Å². The van der Waals surface area contributed by atoms with E-state index in [2.05, 4.69) is 15.6 Å². The van der Waals surface area contributed by atoms with Gasteiger partial charge in [-0.1, -0.05) is 0 Å². The maximum absolute atomic E-state index is 11.2. The summed E-state index contributed by atoms with van der Waals surface area (Å²) in [5.41, 5.74) is 0.471. The molecular weight excluding hydrogens is 312 g/mol. The largest absolute Gasteiger partial charge is 0.393 e. The van der Waals surface area contributed by atoms with Crippen molar-refractivity contribution in [2.75, 3.05) is 30.4 Å². The van der Waals surface area contributed by atoms with Gasteiger partial charge in [-0.05, 0) is 32.1 Å². The zero-order chi connectivity index (χ0) is 16.9. The minimum atomic E-state index is -0.415. The van der Waals surface area contributed by atoms with Crippen molar-refractivity contribution in [1.29, 1.82) is 0 Å². The number of nitrogens with one attached hydrogen (secondary N) is 2. The second kappa shape index (κ2) is 7.76. The van der Waals surface area contributed by atoms with Crippen LogP contribution in [0, 0.1) is 16.0 Å². The highest BCUT2D eigenvalue weighted by Gasteiger charge is 2.22. The molecule has 1 aromatic heterocycles. The molecule has 24 heavy (non-hydrogen) atoms. The number of rotatable bonds is 6. The number of nitrogens with zero attached hydrogens (tertiary/aromatic N) is 2. The average Bonchev–Trinajstić information content (AvgIpc) is 3.08. The summed E-state index contributed by atoms with van der Waals surface area (Å²) < 4.78 is 5.34. The van der Waals surface area contributed by atoms with Crippen molar-refractivity contribution in [1.82, 2.24) is 4.98 Å². The van der Waals surface area contributed by atoms with Crippen LogP contribution in [0.3, 0.4) is 0 Å². The third-order valence-corrected chi connectivity index (χ3v) is 4.73. The summed E-state index contributed by atoms with van der Waals surface area (Å²) in [4.78, 5) is 15.0. The monoisotopic (exact) mass is 336 g/mol. The number of hydrogen-bond donors (Lipinski definition) is 3. The molecule has 0 amide bonds. The van der Waals surface area contributed by atoms with Crippen molar-refractivity contribution in [3.05, 3.63) is 22.4 Å². The van der Waals surface area contributed by atoms with Gasteiger partial charge in [-0.2, -0.15) is 0 Å². The lowest BCUT2D eigenvalue weighted by atomic mass is 9.93. The van der Waals surface area contributed by atoms with E-state index in [1.807, 2.05) is 0 Å². The summed E-state index contributed by atoms with van der Waals surface area (Å²) in [5.74, 6) is 1.01. The van der Waals surface area contributed by atoms with Gasteiger partial charge < -0.3 is 20.5 Å². The second-order valence-electron chi connectivity index (χ2n) is 6.60. The van der Waals surface area contributed by atoms with E-state index in [-0.39, 0.29) is 17.8 Å². The van der Waals surface area contributed by atoms with E-state index in [1.54, 1.807) is 6.07 Å². The number of anilines is 2. The second-order valence-corrected chi connectivity index (χ2v) is 6.60. The smallest absolute Gasteiger partial charge is 0.310 e. The number of pyridine rings is 1. The molecule has 1 saturated carbocycles. The van der Waals surface area contributed by atoms with E-state index in [0.29, 0.717) is 30.6 Å². The van der Waals surface area contributed by atoms with Gasteiger partial charge in [0, 0.05) is 31.2 Å². The molecule has 132 valence electrons. The van der Waals surface area contributed by atoms with Crippen molar-refractivity contribution < 1.29 is 14.8 Å². The summed E-state index contributed by atoms with van der Waals surface area (Å²) in [7, 11) is 0. The van der Waals surface area contributed by atoms with Crippen molar-refractivity contribution in [3.8, 4) is 0 Å². The lowest BCUT2D eigenvalue weighted by molar-refractivity contribution is -0.384. The fourth-order valence-electron chi connectivity index (χ4n) is 3.24. The normalized spacial score (nSPS) is 27.0. The van der Waals surface area contributed by atoms with Crippen LogP contribution in [0.15, 0.2) is 12.3 Å². The number of aliphatic hydroxyl groups excluding tert-OH is 1. The number of nitro groups is 1. The first-order valence-corrected chi connectivity index (χ1v) is 8.52. The van der Waals surface area contributed by atoms with E-state index in [4.69, 9.17) is 4.74 Å². The number of hydrogen-bond acceptors (Lipinski definition) is 7. The third kappa shape index (κ3) is 4.33. The van der Waals surface area contributed by atoms with Gasteiger partial charge in [0.05, 0.1) is 17.6 Å². The first kappa shape index (κ1) is 16.9. The quantitative estimate of drug-likeness (QED) is 0.539. The predicted octanol–water partition coefficient (Wildman–Crippen LogP) is 2.15. The Labute approximate surface area is 140 Å². The van der Waals surface area contributed by atoms with Gasteiger partial charge in [-0.3, -0.25) is 10.1 Å². The Bertz CT molecular complexity index is 569. The standard InChI is InChI=1S/C16H24N4O4/c21-13-3-1-12(2-4-13)19-16-7-14(15(9-18-16)20(22)23)17-8-11-5-6-24-10-11/h7,9,11-13,21H,1-6,8,10H2,(H2,17,18,19). The van der Waals surface area contributed by atoms with Crippen LogP contribution >= 0.6 is 0 Å². The summed E-state index contributed by atoms with van der Waals surface area (Å²) in [6, 6.07) is 1.96. The lowest BCUT2D eigenvalue weighted by Crippen LogP contribution is -2.28. The summed E-state index contributed by atoms with van der Waals surface area (Å²) in [5, 5.41) is 27.3. The minimum Gasteiger partial charge on any atom is -0.393 e. The highest BCUT2D eigenvalue weighted by molar-refractivity contribution is 5.65. The third-order valence-electron chi connectivity index (χ3n) is 4.73. The molecule has 8 heteroatoms. The van der Waals surface area contributed by atoms with Crippen LogP contribution in [-0.2, 0) is 4.74 Å². The van der Waals surface area contributed by atoms with E-state index in [0.717, 1.165) is 38.7 Å². The fourth-order valence-corrected chi connectivity index (χ4v) is 3.24. The van der Waals surface area contributed by atoms with Crippen LogP contribution in [-0.4, -0.2) is 46.9 Å². The number of aromatic nitrogens is 1. The van der Waals surface area contributed by atoms with Gasteiger partial charge in [0.2, 0.25) is 0 Å². The molecule has 8 nitrogen and oxygen atoms in total. The highest BCUT2D eigenvalue weighted by Crippen LogP contribution is 2.28. The first-order valence-electron chi connectivity index (χ1n) is 8.52. The molecule has 3 rings (SSSR count). The van der Waals surface area contributed by atoms with Crippen LogP contribution in [0.2, 0.25) is 0 Å². The van der Waals surface area contributed by atoms with E-state index >= 15 is 0 Å². The Balaban J connectivity index is 1.66. The Kier molecular flexibility index (Phi) is 5.47. The predicted molar refractivity (Wildman–Crippen MR) is 90.2 cm³/mol. The molecule has 0 bridgehead atoms. The van der Waals surface area contributed by atoms with E-state index in [1.165, 1.54) is 6.20 Å². The average molecular weight is 336 g/mol. The molecule has 2 fully saturated rings. The summed E-state index contributed by atoms with van der Waals surface area (Å²) >= 11 is 0. The van der Waals surface area contributed by atoms with Gasteiger partial charge in [0.25, 0.3) is 0 Å². The van der Waals surface area contributed by atoms with Crippen molar-refractivity contribution in [2.24, 2.45) is 5.92 Å². The summed E-state index contributed by atoms with van der Waals surface area (Å²) in [6.07, 6.45) is 5.37. The molecule has 1 saturated heterocycles. The first-order chi connectivity index (χ1) is 11.6. The molecule has 0 spiro atoms. The maximum Gasteiger partial charge on any atom is 0.310 e. The van der Waals surface area contributed by atoms with E-state index < -0.39 is 4.92 Å². The molecule has 0 radical (unpaired) electrons. The van der Waals surface area contributed by atoms with Crippen LogP contribution in [0.5, 0.6) is 0 Å².